The van der Waals surface area contributed by atoms with Crippen LogP contribution in [0.2, 0.25) is 0 Å². The SMILES string of the molecule is CN=C(NCCc1ccc(OC)cc1O)NCc1ccccc1F.I. The van der Waals surface area contributed by atoms with Crippen molar-refractivity contribution in [3.05, 3.63) is 59.4 Å². The van der Waals surface area contributed by atoms with Gasteiger partial charge in [0.05, 0.1) is 7.11 Å². The minimum atomic E-state index is -0.247. The standard InChI is InChI=1S/C18H22FN3O2.HI/c1-20-18(22-12-14-5-3-4-6-16(14)19)21-10-9-13-7-8-15(24-2)11-17(13)23;/h3-8,11,23H,9-10,12H2,1-2H3,(H2,20,21,22);1H. The predicted octanol–water partition coefficient (Wildman–Crippen LogP) is 3.07. The second-order valence-corrected chi connectivity index (χ2v) is 5.19. The molecule has 0 spiro atoms. The maximum Gasteiger partial charge on any atom is 0.191 e. The van der Waals surface area contributed by atoms with Gasteiger partial charge in [-0.1, -0.05) is 24.3 Å². The largest absolute Gasteiger partial charge is 0.508 e. The van der Waals surface area contributed by atoms with Crippen molar-refractivity contribution < 1.29 is 14.2 Å². The third-order valence-electron chi connectivity index (χ3n) is 3.61. The Morgan fingerprint density at radius 2 is 1.92 bits per heavy atom. The summed E-state index contributed by atoms with van der Waals surface area (Å²) in [7, 11) is 3.21. The molecular formula is C18H23FIN3O2. The molecule has 0 aliphatic rings. The number of benzene rings is 2. The number of hydrogen-bond acceptors (Lipinski definition) is 3. The van der Waals surface area contributed by atoms with Gasteiger partial charge in [0.25, 0.3) is 0 Å². The molecule has 0 saturated heterocycles. The molecule has 2 aromatic rings. The van der Waals surface area contributed by atoms with E-state index in [1.54, 1.807) is 44.5 Å². The van der Waals surface area contributed by atoms with Crippen molar-refractivity contribution >= 4 is 29.9 Å². The molecule has 0 amide bonds. The smallest absolute Gasteiger partial charge is 0.191 e. The summed E-state index contributed by atoms with van der Waals surface area (Å²) < 4.78 is 18.6. The minimum Gasteiger partial charge on any atom is -0.508 e. The minimum absolute atomic E-state index is 0. The van der Waals surface area contributed by atoms with Crippen LogP contribution in [0.15, 0.2) is 47.5 Å². The van der Waals surface area contributed by atoms with Crippen LogP contribution in [0, 0.1) is 5.82 Å². The van der Waals surface area contributed by atoms with E-state index in [0.717, 1.165) is 5.56 Å². The molecule has 0 aromatic heterocycles. The molecule has 0 heterocycles. The van der Waals surface area contributed by atoms with E-state index in [9.17, 15) is 9.50 Å². The van der Waals surface area contributed by atoms with Crippen LogP contribution in [-0.2, 0) is 13.0 Å². The Morgan fingerprint density at radius 1 is 1.16 bits per heavy atom. The highest BCUT2D eigenvalue weighted by Crippen LogP contribution is 2.23. The zero-order chi connectivity index (χ0) is 17.4. The topological polar surface area (TPSA) is 65.9 Å². The lowest BCUT2D eigenvalue weighted by molar-refractivity contribution is 0.406. The number of aromatic hydroxyl groups is 1. The van der Waals surface area contributed by atoms with Crippen molar-refractivity contribution in [1.82, 2.24) is 10.6 Å². The van der Waals surface area contributed by atoms with Gasteiger partial charge in [-0.15, -0.1) is 24.0 Å². The highest BCUT2D eigenvalue weighted by Gasteiger charge is 2.05. The Balaban J connectivity index is 0.00000312. The van der Waals surface area contributed by atoms with Gasteiger partial charge in [-0.25, -0.2) is 4.39 Å². The van der Waals surface area contributed by atoms with E-state index in [1.807, 2.05) is 6.07 Å². The zero-order valence-electron chi connectivity index (χ0n) is 14.3. The molecule has 0 radical (unpaired) electrons. The van der Waals surface area contributed by atoms with E-state index in [2.05, 4.69) is 15.6 Å². The van der Waals surface area contributed by atoms with Gasteiger partial charge in [0.15, 0.2) is 5.96 Å². The van der Waals surface area contributed by atoms with Crippen LogP contribution in [-0.4, -0.2) is 31.8 Å². The van der Waals surface area contributed by atoms with Gasteiger partial charge in [-0.3, -0.25) is 4.99 Å². The summed E-state index contributed by atoms with van der Waals surface area (Å²) >= 11 is 0. The molecule has 136 valence electrons. The lowest BCUT2D eigenvalue weighted by atomic mass is 10.1. The normalized spacial score (nSPS) is 10.8. The van der Waals surface area contributed by atoms with Crippen molar-refractivity contribution in [2.75, 3.05) is 20.7 Å². The first kappa shape index (κ1) is 21.0. The van der Waals surface area contributed by atoms with Gasteiger partial charge in [0.1, 0.15) is 17.3 Å². The second kappa shape index (κ2) is 10.8. The quantitative estimate of drug-likeness (QED) is 0.353. The van der Waals surface area contributed by atoms with E-state index >= 15 is 0 Å². The predicted molar refractivity (Wildman–Crippen MR) is 108 cm³/mol. The average molecular weight is 459 g/mol. The van der Waals surface area contributed by atoms with Crippen molar-refractivity contribution in [2.24, 2.45) is 4.99 Å². The van der Waals surface area contributed by atoms with E-state index in [-0.39, 0.29) is 35.5 Å². The number of methoxy groups -OCH3 is 1. The number of rotatable bonds is 6. The molecule has 2 rings (SSSR count). The zero-order valence-corrected chi connectivity index (χ0v) is 16.6. The number of nitrogens with zero attached hydrogens (tertiary/aromatic N) is 1. The third kappa shape index (κ3) is 6.41. The second-order valence-electron chi connectivity index (χ2n) is 5.19. The molecule has 25 heavy (non-hydrogen) atoms. The van der Waals surface area contributed by atoms with Crippen LogP contribution in [0.4, 0.5) is 4.39 Å². The molecule has 0 aliphatic carbocycles. The van der Waals surface area contributed by atoms with Gasteiger partial charge < -0.3 is 20.5 Å². The Morgan fingerprint density at radius 3 is 2.56 bits per heavy atom. The van der Waals surface area contributed by atoms with Crippen molar-refractivity contribution in [3.63, 3.8) is 0 Å². The van der Waals surface area contributed by atoms with Gasteiger partial charge in [-0.2, -0.15) is 0 Å². The van der Waals surface area contributed by atoms with E-state index < -0.39 is 0 Å². The number of halogens is 2. The molecule has 5 nitrogen and oxygen atoms in total. The van der Waals surface area contributed by atoms with E-state index in [4.69, 9.17) is 4.74 Å². The summed E-state index contributed by atoms with van der Waals surface area (Å²) in [4.78, 5) is 4.10. The van der Waals surface area contributed by atoms with Crippen LogP contribution < -0.4 is 15.4 Å². The number of hydrogen-bond donors (Lipinski definition) is 3. The van der Waals surface area contributed by atoms with E-state index in [1.165, 1.54) is 6.07 Å². The number of nitrogens with one attached hydrogen (secondary N) is 2. The first-order valence-corrected chi connectivity index (χ1v) is 7.68. The molecule has 0 saturated carbocycles. The number of phenols is 1. The van der Waals surface area contributed by atoms with Crippen LogP contribution in [0.3, 0.4) is 0 Å². The average Bonchev–Trinajstić information content (AvgIpc) is 2.60. The highest BCUT2D eigenvalue weighted by atomic mass is 127. The van der Waals surface area contributed by atoms with Crippen molar-refractivity contribution in [1.29, 1.82) is 0 Å². The van der Waals surface area contributed by atoms with Gasteiger partial charge >= 0.3 is 0 Å². The molecule has 0 aliphatic heterocycles. The Kier molecular flexibility index (Phi) is 9.04. The molecule has 2 aromatic carbocycles. The number of phenolic OH excluding ortho intramolecular Hbond substituents is 1. The summed E-state index contributed by atoms with van der Waals surface area (Å²) in [6.45, 7) is 0.928. The van der Waals surface area contributed by atoms with Crippen molar-refractivity contribution in [3.8, 4) is 11.5 Å². The number of guanidine groups is 1. The van der Waals surface area contributed by atoms with Crippen LogP contribution in [0.1, 0.15) is 11.1 Å². The van der Waals surface area contributed by atoms with E-state index in [0.29, 0.717) is 36.8 Å². The molecule has 0 unspecified atom stereocenters. The first-order valence-electron chi connectivity index (χ1n) is 7.68. The molecule has 0 fully saturated rings. The lowest BCUT2D eigenvalue weighted by Gasteiger charge is -2.13. The molecule has 3 N–H and O–H groups in total. The fourth-order valence-electron chi connectivity index (χ4n) is 2.24. The molecule has 0 atom stereocenters. The Labute approximate surface area is 164 Å². The number of aliphatic imine (C=N–C) groups is 1. The fraction of sp³-hybridized carbons (Fsp3) is 0.278. The monoisotopic (exact) mass is 459 g/mol. The summed E-state index contributed by atoms with van der Waals surface area (Å²) in [5.41, 5.74) is 1.39. The summed E-state index contributed by atoms with van der Waals surface area (Å²) in [6.07, 6.45) is 0.621. The third-order valence-corrected chi connectivity index (χ3v) is 3.61. The summed E-state index contributed by atoms with van der Waals surface area (Å²) in [5.74, 6) is 1.15. The van der Waals surface area contributed by atoms with Gasteiger partial charge in [0, 0.05) is 31.8 Å². The maximum absolute atomic E-state index is 13.6. The molecule has 0 bridgehead atoms. The lowest BCUT2D eigenvalue weighted by Crippen LogP contribution is -2.38. The maximum atomic E-state index is 13.6. The number of ether oxygens (including phenoxy) is 1. The summed E-state index contributed by atoms with van der Waals surface area (Å²) in [5, 5.41) is 16.1. The van der Waals surface area contributed by atoms with Gasteiger partial charge in [0.2, 0.25) is 0 Å². The van der Waals surface area contributed by atoms with Crippen LogP contribution in [0.5, 0.6) is 11.5 Å². The fourth-order valence-corrected chi connectivity index (χ4v) is 2.24. The highest BCUT2D eigenvalue weighted by molar-refractivity contribution is 14.0. The first-order chi connectivity index (χ1) is 11.6. The van der Waals surface area contributed by atoms with Crippen LogP contribution in [0.25, 0.3) is 0 Å². The Hall–Kier alpha value is -2.03. The molecule has 7 heteroatoms. The van der Waals surface area contributed by atoms with Crippen molar-refractivity contribution in [2.45, 2.75) is 13.0 Å². The Bertz CT molecular complexity index is 710. The van der Waals surface area contributed by atoms with Gasteiger partial charge in [-0.05, 0) is 24.1 Å². The van der Waals surface area contributed by atoms with Crippen LogP contribution >= 0.6 is 24.0 Å². The molecular weight excluding hydrogens is 436 g/mol. The summed E-state index contributed by atoms with van der Waals surface area (Å²) in [6, 6.07) is 11.8.